The molecule has 0 saturated carbocycles. The van der Waals surface area contributed by atoms with E-state index in [4.69, 9.17) is 43.4 Å². The van der Waals surface area contributed by atoms with Crippen LogP contribution in [0.25, 0.3) is 32.1 Å². The highest BCUT2D eigenvalue weighted by Gasteiger charge is 2.51. The lowest BCUT2D eigenvalue weighted by Crippen LogP contribution is -2.71. The number of nitrogen functional groups attached to an aromatic ring is 1. The number of benzene rings is 2. The van der Waals surface area contributed by atoms with E-state index in [9.17, 15) is 23.2 Å². The third-order valence-electron chi connectivity index (χ3n) is 10.3. The van der Waals surface area contributed by atoms with Gasteiger partial charge in [0.2, 0.25) is 0 Å². The number of alkyl halides is 3. The van der Waals surface area contributed by atoms with Gasteiger partial charge in [0.25, 0.3) is 11.5 Å². The second-order valence-corrected chi connectivity index (χ2v) is 15.2. The van der Waals surface area contributed by atoms with Crippen molar-refractivity contribution in [2.75, 3.05) is 63.1 Å². The van der Waals surface area contributed by atoms with Crippen molar-refractivity contribution >= 4 is 72.3 Å². The van der Waals surface area contributed by atoms with Crippen LogP contribution in [0.2, 0.25) is 5.02 Å². The van der Waals surface area contributed by atoms with Crippen molar-refractivity contribution in [3.63, 3.8) is 0 Å². The number of anilines is 2. The zero-order valence-electron chi connectivity index (χ0n) is 26.3. The predicted octanol–water partition coefficient (Wildman–Crippen LogP) is 5.80. The van der Waals surface area contributed by atoms with Crippen LogP contribution < -0.4 is 15.4 Å². The van der Waals surface area contributed by atoms with Gasteiger partial charge in [-0.15, -0.1) is 11.3 Å². The molecule has 2 aromatic carbocycles. The van der Waals surface area contributed by atoms with E-state index in [-0.39, 0.29) is 92.4 Å². The Bertz CT molecular complexity index is 2110. The van der Waals surface area contributed by atoms with E-state index < -0.39 is 40.5 Å². The number of hydrogen-bond donors (Lipinski definition) is 1. The molecule has 4 aliphatic heterocycles. The van der Waals surface area contributed by atoms with E-state index in [0.29, 0.717) is 19.5 Å². The maximum Gasteiger partial charge on any atom is 0.319 e. The first-order chi connectivity index (χ1) is 23.9. The molecule has 0 bridgehead atoms. The third kappa shape index (κ3) is 5.30. The van der Waals surface area contributed by atoms with Gasteiger partial charge in [-0.05, 0) is 37.1 Å². The Hall–Kier alpha value is -3.68. The number of nitriles is 1. The van der Waals surface area contributed by atoms with Crippen LogP contribution in [0, 0.1) is 23.0 Å². The molecule has 4 fully saturated rings. The summed E-state index contributed by atoms with van der Waals surface area (Å²) in [6, 6.07) is 5.87. The minimum atomic E-state index is -2.17. The van der Waals surface area contributed by atoms with Crippen LogP contribution in [-0.4, -0.2) is 101 Å². The number of hydrogen-bond acceptors (Lipinski definition) is 10. The lowest BCUT2D eigenvalue weighted by Gasteiger charge is -2.54. The van der Waals surface area contributed by atoms with Gasteiger partial charge in [-0.1, -0.05) is 29.3 Å². The summed E-state index contributed by atoms with van der Waals surface area (Å²) in [6.07, 6.45) is 0.937. The van der Waals surface area contributed by atoms with Crippen molar-refractivity contribution < 1.29 is 31.8 Å². The quantitative estimate of drug-likeness (QED) is 0.193. The SMILES string of the molecule is N#Cc1c(N)sc2c(F)ccc(-c3c(Cl)cc4c(N5CCOC6(CN(C(=O)C(F)Cl)C6)C5)nc(OC[C@@]56CCCN5C[C@H](F)C6)nc4c3F)c12. The molecular weight excluding hydrogens is 721 g/mol. The van der Waals surface area contributed by atoms with E-state index in [1.807, 2.05) is 11.0 Å². The van der Waals surface area contributed by atoms with Gasteiger partial charge in [0.15, 0.2) is 5.82 Å². The topological polar surface area (TPSA) is 121 Å². The average molecular weight is 751 g/mol. The highest BCUT2D eigenvalue weighted by molar-refractivity contribution is 7.23. The number of amides is 1. The molecule has 8 rings (SSSR count). The lowest BCUT2D eigenvalue weighted by atomic mass is 9.91. The summed E-state index contributed by atoms with van der Waals surface area (Å²) in [6.45, 7) is 2.09. The fraction of sp³-hybridized carbons (Fsp3) is 0.455. The zero-order chi connectivity index (χ0) is 35.1. The number of carbonyl (C=O) groups excluding carboxylic acids is 1. The largest absolute Gasteiger partial charge is 0.461 e. The Kier molecular flexibility index (Phi) is 8.18. The minimum Gasteiger partial charge on any atom is -0.461 e. The van der Waals surface area contributed by atoms with E-state index in [0.717, 1.165) is 36.8 Å². The summed E-state index contributed by atoms with van der Waals surface area (Å²) >= 11 is 13.1. The number of rotatable bonds is 6. The molecule has 1 amide bonds. The summed E-state index contributed by atoms with van der Waals surface area (Å²) in [5.41, 5.74) is 2.41. The molecule has 2 N–H and O–H groups in total. The fourth-order valence-corrected chi connectivity index (χ4v) is 9.41. The Morgan fingerprint density at radius 3 is 2.82 bits per heavy atom. The number of likely N-dealkylation sites (tertiary alicyclic amines) is 1. The normalized spacial score (nSPS) is 23.7. The summed E-state index contributed by atoms with van der Waals surface area (Å²) in [5.74, 6) is -2.05. The molecule has 4 aliphatic rings. The molecule has 2 aromatic heterocycles. The highest BCUT2D eigenvalue weighted by atomic mass is 35.5. The van der Waals surface area contributed by atoms with Crippen LogP contribution in [0.5, 0.6) is 6.01 Å². The number of ether oxygens (including phenoxy) is 2. The van der Waals surface area contributed by atoms with E-state index in [1.54, 1.807) is 0 Å². The van der Waals surface area contributed by atoms with Gasteiger partial charge in [-0.25, -0.2) is 17.6 Å². The average Bonchev–Trinajstić information content (AvgIpc) is 3.72. The maximum absolute atomic E-state index is 17.0. The second kappa shape index (κ2) is 12.2. The molecule has 50 heavy (non-hydrogen) atoms. The number of aromatic nitrogens is 2. The molecule has 17 heteroatoms. The standard InChI is InChI=1S/C33H29Cl2F4N7O3S/c34-20-8-18-25(24(38)23(20)17-2-3-21(37)26-22(17)19(10-40)28(41)50-26)42-31(48-15-32-4-1-5-46(32)11-16(36)9-32)43-29(18)44-6-7-49-33(12-44)13-45(14-33)30(47)27(35)39/h2-3,8,16,27H,1,4-7,9,11-15,41H2/t16-,27?,32+/m1/s1. The number of halogens is 6. The lowest BCUT2D eigenvalue weighted by molar-refractivity contribution is -0.173. The molecule has 0 radical (unpaired) electrons. The molecule has 1 unspecified atom stereocenters. The van der Waals surface area contributed by atoms with Crippen LogP contribution >= 0.6 is 34.5 Å². The smallest absolute Gasteiger partial charge is 0.319 e. The molecule has 4 saturated heterocycles. The zero-order valence-corrected chi connectivity index (χ0v) is 28.7. The van der Waals surface area contributed by atoms with Crippen LogP contribution in [0.15, 0.2) is 18.2 Å². The van der Waals surface area contributed by atoms with Gasteiger partial charge in [0.05, 0.1) is 47.1 Å². The molecule has 3 atom stereocenters. The number of carbonyl (C=O) groups is 1. The molecule has 0 aliphatic carbocycles. The van der Waals surface area contributed by atoms with Crippen LogP contribution in [0.3, 0.4) is 0 Å². The van der Waals surface area contributed by atoms with E-state index >= 15 is 4.39 Å². The molecule has 6 heterocycles. The minimum absolute atomic E-state index is 0.00505. The number of morpholine rings is 1. The highest BCUT2D eigenvalue weighted by Crippen LogP contribution is 2.46. The Morgan fingerprint density at radius 1 is 1.26 bits per heavy atom. The molecule has 262 valence electrons. The van der Waals surface area contributed by atoms with Crippen LogP contribution in [0.1, 0.15) is 24.8 Å². The van der Waals surface area contributed by atoms with Crippen molar-refractivity contribution in [3.8, 4) is 23.2 Å². The van der Waals surface area contributed by atoms with Crippen molar-refractivity contribution in [3.05, 3.63) is 40.4 Å². The molecule has 10 nitrogen and oxygen atoms in total. The Labute approximate surface area is 297 Å². The summed E-state index contributed by atoms with van der Waals surface area (Å²) in [5, 5.41) is 10.3. The van der Waals surface area contributed by atoms with Crippen LogP contribution in [-0.2, 0) is 9.53 Å². The molecule has 4 aromatic rings. The molecular formula is C33H29Cl2F4N7O3S. The van der Waals surface area contributed by atoms with Crippen molar-refractivity contribution in [1.82, 2.24) is 19.8 Å². The first-order valence-electron chi connectivity index (χ1n) is 16.0. The van der Waals surface area contributed by atoms with E-state index in [2.05, 4.69) is 9.88 Å². The van der Waals surface area contributed by atoms with Crippen molar-refractivity contribution in [2.24, 2.45) is 0 Å². The number of nitrogens with zero attached hydrogens (tertiary/aromatic N) is 6. The van der Waals surface area contributed by atoms with Crippen LogP contribution in [0.4, 0.5) is 28.4 Å². The summed E-state index contributed by atoms with van der Waals surface area (Å²) in [4.78, 5) is 26.6. The number of thiophene rings is 1. The molecule has 1 spiro atoms. The fourth-order valence-electron chi connectivity index (χ4n) is 8.03. The second-order valence-electron chi connectivity index (χ2n) is 13.3. The predicted molar refractivity (Wildman–Crippen MR) is 181 cm³/mol. The van der Waals surface area contributed by atoms with Crippen molar-refractivity contribution in [1.29, 1.82) is 5.26 Å². The van der Waals surface area contributed by atoms with Gasteiger partial charge >= 0.3 is 6.01 Å². The van der Waals surface area contributed by atoms with E-state index in [1.165, 1.54) is 17.0 Å². The first kappa shape index (κ1) is 33.5. The third-order valence-corrected chi connectivity index (χ3v) is 11.8. The van der Waals surface area contributed by atoms with Gasteiger partial charge in [0.1, 0.15) is 46.6 Å². The monoisotopic (exact) mass is 749 g/mol. The summed E-state index contributed by atoms with van der Waals surface area (Å²) < 4.78 is 72.3. The Balaban J connectivity index is 1.24. The number of fused-ring (bicyclic) bond motifs is 3. The van der Waals surface area contributed by atoms with Gasteiger partial charge in [-0.2, -0.15) is 15.2 Å². The van der Waals surface area contributed by atoms with Gasteiger partial charge in [-0.3, -0.25) is 9.69 Å². The summed E-state index contributed by atoms with van der Waals surface area (Å²) in [7, 11) is 0. The Morgan fingerprint density at radius 2 is 2.06 bits per heavy atom. The maximum atomic E-state index is 17.0. The van der Waals surface area contributed by atoms with Gasteiger partial charge < -0.3 is 25.0 Å². The number of nitrogens with two attached hydrogens (primary N) is 1. The van der Waals surface area contributed by atoms with Gasteiger partial charge in [0, 0.05) is 35.8 Å². The first-order valence-corrected chi connectivity index (χ1v) is 17.6. The van der Waals surface area contributed by atoms with Crippen molar-refractivity contribution in [2.45, 2.75) is 42.2 Å².